The number of H-pyrrole nitrogens is 1. The maximum absolute atomic E-state index is 13.2. The number of carbonyl (C=O) groups excluding carboxylic acids is 1. The van der Waals surface area contributed by atoms with Crippen molar-refractivity contribution in [3.8, 4) is 17.2 Å². The van der Waals surface area contributed by atoms with E-state index in [-0.39, 0.29) is 11.5 Å². The van der Waals surface area contributed by atoms with Crippen molar-refractivity contribution in [1.82, 2.24) is 9.88 Å². The molecule has 7 heteroatoms. The Balaban J connectivity index is 1.94. The first-order valence-corrected chi connectivity index (χ1v) is 10.3. The highest BCUT2D eigenvalue weighted by Gasteiger charge is 2.34. The molecule has 4 rings (SSSR count). The first kappa shape index (κ1) is 20.8. The standard InChI is InChI=1S/C24H26N2O5/c1-5-22(27)26-9-8-14-11-20(30-3)21(31-4)13-17(14)23(26)18-10-15-6-7-16(29-2)12-19(15)25-24(18)28/h6-7,10-13,23H,5,8-9H2,1-4H3,(H,25,28)/t23-/m1/s1. The van der Waals surface area contributed by atoms with E-state index in [9.17, 15) is 9.59 Å². The zero-order valence-electron chi connectivity index (χ0n) is 18.2. The minimum Gasteiger partial charge on any atom is -0.497 e. The van der Waals surface area contributed by atoms with Gasteiger partial charge in [0.2, 0.25) is 5.91 Å². The van der Waals surface area contributed by atoms with Crippen LogP contribution in [0.15, 0.2) is 41.2 Å². The highest BCUT2D eigenvalue weighted by atomic mass is 16.5. The molecule has 0 radical (unpaired) electrons. The van der Waals surface area contributed by atoms with Crippen molar-refractivity contribution in [2.75, 3.05) is 27.9 Å². The van der Waals surface area contributed by atoms with Crippen molar-refractivity contribution < 1.29 is 19.0 Å². The van der Waals surface area contributed by atoms with Gasteiger partial charge in [0.15, 0.2) is 11.5 Å². The van der Waals surface area contributed by atoms with Gasteiger partial charge in [0, 0.05) is 24.6 Å². The van der Waals surface area contributed by atoms with Gasteiger partial charge in [-0.25, -0.2) is 0 Å². The maximum atomic E-state index is 13.2. The van der Waals surface area contributed by atoms with Crippen molar-refractivity contribution in [2.24, 2.45) is 0 Å². The SMILES string of the molecule is CCC(=O)N1CCc2cc(OC)c(OC)cc2[C@@H]1c1cc2ccc(OC)cc2[nH]c1=O. The number of fused-ring (bicyclic) bond motifs is 2. The van der Waals surface area contributed by atoms with Gasteiger partial charge in [0.05, 0.1) is 32.9 Å². The number of ether oxygens (including phenoxy) is 3. The van der Waals surface area contributed by atoms with E-state index in [2.05, 4.69) is 4.98 Å². The molecule has 2 aromatic carbocycles. The van der Waals surface area contributed by atoms with Crippen molar-refractivity contribution in [3.05, 3.63) is 63.4 Å². The van der Waals surface area contributed by atoms with Crippen molar-refractivity contribution in [3.63, 3.8) is 0 Å². The monoisotopic (exact) mass is 422 g/mol. The molecule has 0 bridgehead atoms. The topological polar surface area (TPSA) is 80.9 Å². The molecule has 0 saturated carbocycles. The van der Waals surface area contributed by atoms with Gasteiger partial charge in [-0.1, -0.05) is 6.92 Å². The summed E-state index contributed by atoms with van der Waals surface area (Å²) in [5, 5.41) is 0.867. The zero-order valence-corrected chi connectivity index (χ0v) is 18.2. The van der Waals surface area contributed by atoms with Crippen molar-refractivity contribution >= 4 is 16.8 Å². The molecule has 0 saturated heterocycles. The van der Waals surface area contributed by atoms with Crippen LogP contribution in [0.4, 0.5) is 0 Å². The van der Waals surface area contributed by atoms with Gasteiger partial charge in [-0.3, -0.25) is 9.59 Å². The third kappa shape index (κ3) is 3.60. The van der Waals surface area contributed by atoms with Crippen LogP contribution in [-0.2, 0) is 11.2 Å². The molecule has 2 heterocycles. The van der Waals surface area contributed by atoms with Crippen LogP contribution in [0, 0.1) is 0 Å². The molecule has 0 unspecified atom stereocenters. The lowest BCUT2D eigenvalue weighted by atomic mass is 9.87. The number of hydrogen-bond acceptors (Lipinski definition) is 5. The average molecular weight is 422 g/mol. The molecule has 1 atom stereocenters. The summed E-state index contributed by atoms with van der Waals surface area (Å²) in [6.07, 6.45) is 1.04. The number of methoxy groups -OCH3 is 3. The molecule has 7 nitrogen and oxygen atoms in total. The Kier molecular flexibility index (Phi) is 5.59. The number of aromatic nitrogens is 1. The number of benzene rings is 2. The fourth-order valence-corrected chi connectivity index (χ4v) is 4.28. The van der Waals surface area contributed by atoms with E-state index in [0.717, 1.165) is 16.5 Å². The Morgan fingerprint density at radius 2 is 1.77 bits per heavy atom. The summed E-state index contributed by atoms with van der Waals surface area (Å²) in [5.41, 5.74) is 2.89. The van der Waals surface area contributed by atoms with Gasteiger partial charge in [-0.15, -0.1) is 0 Å². The van der Waals surface area contributed by atoms with E-state index in [1.807, 2.05) is 37.3 Å². The quantitative estimate of drug-likeness (QED) is 0.681. The van der Waals surface area contributed by atoms with Crippen LogP contribution in [0.25, 0.3) is 10.9 Å². The summed E-state index contributed by atoms with van der Waals surface area (Å²) >= 11 is 0. The second kappa shape index (κ2) is 8.34. The predicted octanol–water partition coefficient (Wildman–Crippen LogP) is 3.44. The fourth-order valence-electron chi connectivity index (χ4n) is 4.28. The second-order valence-corrected chi connectivity index (χ2v) is 7.51. The fraction of sp³-hybridized carbons (Fsp3) is 0.333. The predicted molar refractivity (Wildman–Crippen MR) is 118 cm³/mol. The Hall–Kier alpha value is -3.48. The number of aromatic amines is 1. The Morgan fingerprint density at radius 3 is 2.45 bits per heavy atom. The van der Waals surface area contributed by atoms with Crippen molar-refractivity contribution in [1.29, 1.82) is 0 Å². The van der Waals surface area contributed by atoms with Crippen LogP contribution in [-0.4, -0.2) is 43.7 Å². The largest absolute Gasteiger partial charge is 0.497 e. The summed E-state index contributed by atoms with van der Waals surface area (Å²) in [7, 11) is 4.76. The Bertz CT molecular complexity index is 1200. The van der Waals surface area contributed by atoms with Crippen molar-refractivity contribution in [2.45, 2.75) is 25.8 Å². The van der Waals surface area contributed by atoms with E-state index >= 15 is 0 Å². The summed E-state index contributed by atoms with van der Waals surface area (Å²) in [5.74, 6) is 1.87. The second-order valence-electron chi connectivity index (χ2n) is 7.51. The Morgan fingerprint density at radius 1 is 1.03 bits per heavy atom. The summed E-state index contributed by atoms with van der Waals surface area (Å²) in [4.78, 5) is 30.8. The minimum absolute atomic E-state index is 0.000312. The molecule has 1 N–H and O–H groups in total. The normalized spacial score (nSPS) is 15.5. The number of carbonyl (C=O) groups is 1. The summed E-state index contributed by atoms with van der Waals surface area (Å²) < 4.78 is 16.2. The van der Waals surface area contributed by atoms with Crippen LogP contribution >= 0.6 is 0 Å². The van der Waals surface area contributed by atoms with Crippen LogP contribution in [0.3, 0.4) is 0 Å². The van der Waals surface area contributed by atoms with Crippen LogP contribution < -0.4 is 19.8 Å². The first-order valence-electron chi connectivity index (χ1n) is 10.3. The molecule has 0 spiro atoms. The van der Waals surface area contributed by atoms with Gasteiger partial charge < -0.3 is 24.1 Å². The molecule has 0 fully saturated rings. The van der Waals surface area contributed by atoms with E-state index in [0.29, 0.717) is 47.7 Å². The first-order chi connectivity index (χ1) is 15.0. The lowest BCUT2D eigenvalue weighted by molar-refractivity contribution is -0.132. The van der Waals surface area contributed by atoms with E-state index in [1.54, 1.807) is 32.3 Å². The van der Waals surface area contributed by atoms with Gasteiger partial charge in [-0.2, -0.15) is 0 Å². The van der Waals surface area contributed by atoms with E-state index in [4.69, 9.17) is 14.2 Å². The minimum atomic E-state index is -0.508. The number of amides is 1. The maximum Gasteiger partial charge on any atom is 0.254 e. The highest BCUT2D eigenvalue weighted by Crippen LogP contribution is 2.40. The third-order valence-electron chi connectivity index (χ3n) is 5.87. The molecule has 3 aromatic rings. The van der Waals surface area contributed by atoms with Crippen LogP contribution in [0.5, 0.6) is 17.2 Å². The number of nitrogens with one attached hydrogen (secondary N) is 1. The molecule has 31 heavy (non-hydrogen) atoms. The third-order valence-corrected chi connectivity index (χ3v) is 5.87. The summed E-state index contributed by atoms with van der Waals surface area (Å²) in [6.45, 7) is 2.36. The lowest BCUT2D eigenvalue weighted by Gasteiger charge is -2.37. The molecular formula is C24H26N2O5. The van der Waals surface area contributed by atoms with Gasteiger partial charge >= 0.3 is 0 Å². The van der Waals surface area contributed by atoms with E-state index in [1.165, 1.54) is 0 Å². The lowest BCUT2D eigenvalue weighted by Crippen LogP contribution is -2.42. The average Bonchev–Trinajstić information content (AvgIpc) is 2.81. The van der Waals surface area contributed by atoms with Gasteiger partial charge in [0.25, 0.3) is 5.56 Å². The number of pyridine rings is 1. The molecular weight excluding hydrogens is 396 g/mol. The number of rotatable bonds is 5. The molecule has 1 aromatic heterocycles. The Labute approximate surface area is 180 Å². The number of hydrogen-bond donors (Lipinski definition) is 1. The van der Waals surface area contributed by atoms with Crippen LogP contribution in [0.1, 0.15) is 36.1 Å². The molecule has 1 aliphatic rings. The van der Waals surface area contributed by atoms with Gasteiger partial charge in [0.1, 0.15) is 5.75 Å². The van der Waals surface area contributed by atoms with E-state index < -0.39 is 6.04 Å². The smallest absolute Gasteiger partial charge is 0.254 e. The van der Waals surface area contributed by atoms with Crippen LogP contribution in [0.2, 0.25) is 0 Å². The molecule has 162 valence electrons. The number of nitrogens with zero attached hydrogens (tertiary/aromatic N) is 1. The molecule has 0 aliphatic carbocycles. The zero-order chi connectivity index (χ0) is 22.1. The van der Waals surface area contributed by atoms with Gasteiger partial charge in [-0.05, 0) is 53.3 Å². The highest BCUT2D eigenvalue weighted by molar-refractivity contribution is 5.82. The summed E-state index contributed by atoms with van der Waals surface area (Å²) in [6, 6.07) is 10.7. The molecule has 1 amide bonds. The molecule has 1 aliphatic heterocycles.